The molecule has 11 heteroatoms. The number of carbonyl (C=O) groups excluding carboxylic acids is 1. The van der Waals surface area contributed by atoms with Gasteiger partial charge in [-0.1, -0.05) is 30.3 Å². The summed E-state index contributed by atoms with van der Waals surface area (Å²) in [6.07, 6.45) is 0. The summed E-state index contributed by atoms with van der Waals surface area (Å²) in [7, 11) is 0. The van der Waals surface area contributed by atoms with Crippen molar-refractivity contribution in [3.8, 4) is 17.2 Å². The summed E-state index contributed by atoms with van der Waals surface area (Å²) in [5, 5.41) is 7.98. The van der Waals surface area contributed by atoms with Crippen LogP contribution in [0.15, 0.2) is 44.4 Å². The molecule has 11 nitrogen and oxygen atoms in total. The third-order valence-corrected chi connectivity index (χ3v) is 5.30. The van der Waals surface area contributed by atoms with Crippen molar-refractivity contribution >= 4 is 5.91 Å². The highest BCUT2D eigenvalue weighted by Crippen LogP contribution is 2.12. The van der Waals surface area contributed by atoms with Crippen LogP contribution >= 0.6 is 0 Å². The molecule has 0 radical (unpaired) electrons. The Bertz CT molecular complexity index is 1190. The minimum absolute atomic E-state index is 0.132. The number of para-hydroxylation sites is 1. The summed E-state index contributed by atoms with van der Waals surface area (Å²) in [6, 6.07) is 8.72. The molecule has 4 rings (SSSR count). The number of hydrogen-bond acceptors (Lipinski definition) is 8. The van der Waals surface area contributed by atoms with E-state index in [1.54, 1.807) is 36.1 Å². The number of aromatic nitrogens is 5. The Labute approximate surface area is 177 Å². The van der Waals surface area contributed by atoms with E-state index in [1.807, 2.05) is 6.07 Å². The molecule has 0 bridgehead atoms. The first-order chi connectivity index (χ1) is 15.0. The molecule has 0 spiro atoms. The van der Waals surface area contributed by atoms with Gasteiger partial charge < -0.3 is 14.3 Å². The fraction of sp³-hybridized carbons (Fsp3) is 0.400. The second kappa shape index (κ2) is 8.64. The minimum Gasteiger partial charge on any atom is -0.332 e. The minimum atomic E-state index is -0.643. The van der Waals surface area contributed by atoms with Crippen molar-refractivity contribution in [1.29, 1.82) is 0 Å². The predicted molar refractivity (Wildman–Crippen MR) is 111 cm³/mol. The fourth-order valence-corrected chi connectivity index (χ4v) is 3.48. The van der Waals surface area contributed by atoms with Crippen LogP contribution in [0.4, 0.5) is 0 Å². The molecule has 31 heavy (non-hydrogen) atoms. The SMILES string of the molecule is CCN1CCN(C(=O)c2nc(-c3nn(-c4ccccc4)c(=O)n(CC)c3=O)no2)CC1. The van der Waals surface area contributed by atoms with E-state index in [1.165, 1.54) is 0 Å². The van der Waals surface area contributed by atoms with Crippen LogP contribution in [0.3, 0.4) is 0 Å². The fourth-order valence-electron chi connectivity index (χ4n) is 3.48. The highest BCUT2D eigenvalue weighted by Gasteiger charge is 2.27. The van der Waals surface area contributed by atoms with E-state index in [0.717, 1.165) is 28.9 Å². The molecule has 162 valence electrons. The van der Waals surface area contributed by atoms with Gasteiger partial charge >= 0.3 is 17.5 Å². The molecule has 3 heterocycles. The molecular formula is C20H23N7O4. The van der Waals surface area contributed by atoms with Gasteiger partial charge in [0.05, 0.1) is 5.69 Å². The number of piperazine rings is 1. The first kappa shape index (κ1) is 20.7. The number of benzene rings is 1. The van der Waals surface area contributed by atoms with Crippen LogP contribution in [0.25, 0.3) is 17.2 Å². The van der Waals surface area contributed by atoms with E-state index >= 15 is 0 Å². The summed E-state index contributed by atoms with van der Waals surface area (Å²) in [5.41, 5.74) is -0.888. The van der Waals surface area contributed by atoms with Crippen LogP contribution in [-0.2, 0) is 6.54 Å². The standard InChI is InChI=1S/C20H23N7O4/c1-3-24-10-12-25(13-11-24)19(29)17-21-16(23-31-17)15-18(28)26(4-2)20(30)27(22-15)14-8-6-5-7-9-14/h5-9H,3-4,10-13H2,1-2H3. The molecule has 1 aliphatic heterocycles. The van der Waals surface area contributed by atoms with Crippen LogP contribution in [0.1, 0.15) is 24.5 Å². The summed E-state index contributed by atoms with van der Waals surface area (Å²) < 4.78 is 7.30. The van der Waals surface area contributed by atoms with Gasteiger partial charge in [-0.2, -0.15) is 14.8 Å². The van der Waals surface area contributed by atoms with Gasteiger partial charge in [0.15, 0.2) is 5.69 Å². The lowest BCUT2D eigenvalue weighted by Gasteiger charge is -2.33. The highest BCUT2D eigenvalue weighted by atomic mass is 16.5. The van der Waals surface area contributed by atoms with Crippen molar-refractivity contribution < 1.29 is 9.32 Å². The van der Waals surface area contributed by atoms with Gasteiger partial charge in [0.1, 0.15) is 0 Å². The van der Waals surface area contributed by atoms with Crippen LogP contribution in [0.5, 0.6) is 0 Å². The molecular weight excluding hydrogens is 402 g/mol. The summed E-state index contributed by atoms with van der Waals surface area (Å²) in [6.45, 7) is 7.50. The molecule has 1 saturated heterocycles. The quantitative estimate of drug-likeness (QED) is 0.570. The molecule has 1 fully saturated rings. The second-order valence-electron chi connectivity index (χ2n) is 7.08. The van der Waals surface area contributed by atoms with Crippen LogP contribution < -0.4 is 11.2 Å². The first-order valence-electron chi connectivity index (χ1n) is 10.2. The van der Waals surface area contributed by atoms with Crippen molar-refractivity contribution in [3.05, 3.63) is 57.1 Å². The number of rotatable bonds is 5. The Morgan fingerprint density at radius 1 is 1.03 bits per heavy atom. The number of amides is 1. The Morgan fingerprint density at radius 3 is 2.39 bits per heavy atom. The normalized spacial score (nSPS) is 14.7. The molecule has 0 aliphatic carbocycles. The van der Waals surface area contributed by atoms with Crippen molar-refractivity contribution in [3.63, 3.8) is 0 Å². The molecule has 0 saturated carbocycles. The number of hydrogen-bond donors (Lipinski definition) is 0. The zero-order valence-corrected chi connectivity index (χ0v) is 17.4. The Balaban J connectivity index is 1.69. The maximum absolute atomic E-state index is 12.8. The molecule has 1 amide bonds. The first-order valence-corrected chi connectivity index (χ1v) is 10.2. The second-order valence-corrected chi connectivity index (χ2v) is 7.08. The number of likely N-dealkylation sites (N-methyl/N-ethyl adjacent to an activating group) is 1. The van der Waals surface area contributed by atoms with Gasteiger partial charge in [0.2, 0.25) is 5.82 Å². The highest BCUT2D eigenvalue weighted by molar-refractivity contribution is 5.90. The molecule has 0 atom stereocenters. The molecule has 0 unspecified atom stereocenters. The molecule has 3 aromatic rings. The number of nitrogens with zero attached hydrogens (tertiary/aromatic N) is 7. The van der Waals surface area contributed by atoms with Crippen molar-refractivity contribution in [1.82, 2.24) is 34.3 Å². The van der Waals surface area contributed by atoms with Gasteiger partial charge in [-0.15, -0.1) is 0 Å². The predicted octanol–water partition coefficient (Wildman–Crippen LogP) is 0.242. The third kappa shape index (κ3) is 3.91. The lowest BCUT2D eigenvalue weighted by molar-refractivity contribution is 0.0595. The zero-order chi connectivity index (χ0) is 22.0. The Morgan fingerprint density at radius 2 is 1.74 bits per heavy atom. The van der Waals surface area contributed by atoms with Gasteiger partial charge in [-0.3, -0.25) is 14.2 Å². The average Bonchev–Trinajstić information content (AvgIpc) is 3.30. The molecule has 0 N–H and O–H groups in total. The van der Waals surface area contributed by atoms with Crippen LogP contribution in [0.2, 0.25) is 0 Å². The van der Waals surface area contributed by atoms with Gasteiger partial charge in [-0.25, -0.2) is 4.79 Å². The van der Waals surface area contributed by atoms with E-state index in [4.69, 9.17) is 4.52 Å². The van der Waals surface area contributed by atoms with Crippen LogP contribution in [-0.4, -0.2) is 72.9 Å². The molecule has 2 aromatic heterocycles. The van der Waals surface area contributed by atoms with E-state index in [0.29, 0.717) is 18.8 Å². The van der Waals surface area contributed by atoms with Gasteiger partial charge in [0, 0.05) is 32.7 Å². The van der Waals surface area contributed by atoms with Crippen molar-refractivity contribution in [2.24, 2.45) is 0 Å². The summed E-state index contributed by atoms with van der Waals surface area (Å²) in [4.78, 5) is 46.3. The lowest BCUT2D eigenvalue weighted by Crippen LogP contribution is -2.48. The van der Waals surface area contributed by atoms with Crippen molar-refractivity contribution in [2.45, 2.75) is 20.4 Å². The third-order valence-electron chi connectivity index (χ3n) is 5.30. The Hall–Kier alpha value is -3.60. The lowest BCUT2D eigenvalue weighted by atomic mass is 10.3. The largest absolute Gasteiger partial charge is 0.352 e. The van der Waals surface area contributed by atoms with E-state index in [-0.39, 0.29) is 29.9 Å². The zero-order valence-electron chi connectivity index (χ0n) is 17.4. The molecule has 1 aromatic carbocycles. The van der Waals surface area contributed by atoms with Crippen LogP contribution in [0, 0.1) is 0 Å². The summed E-state index contributed by atoms with van der Waals surface area (Å²) >= 11 is 0. The number of carbonyl (C=O) groups is 1. The Kier molecular flexibility index (Phi) is 5.76. The van der Waals surface area contributed by atoms with Crippen molar-refractivity contribution in [2.75, 3.05) is 32.7 Å². The maximum atomic E-state index is 12.8. The van der Waals surface area contributed by atoms with Gasteiger partial charge in [-0.05, 0) is 25.6 Å². The monoisotopic (exact) mass is 425 g/mol. The summed E-state index contributed by atoms with van der Waals surface area (Å²) in [5.74, 6) is -0.726. The van der Waals surface area contributed by atoms with E-state index in [9.17, 15) is 14.4 Å². The van der Waals surface area contributed by atoms with E-state index < -0.39 is 11.2 Å². The topological polar surface area (TPSA) is 119 Å². The molecule has 1 aliphatic rings. The van der Waals surface area contributed by atoms with E-state index in [2.05, 4.69) is 27.1 Å². The maximum Gasteiger partial charge on any atom is 0.352 e. The van der Waals surface area contributed by atoms with Gasteiger partial charge in [0.25, 0.3) is 5.56 Å². The smallest absolute Gasteiger partial charge is 0.332 e. The average molecular weight is 425 g/mol.